The normalized spacial score (nSPS) is 11.6. The van der Waals surface area contributed by atoms with Crippen molar-refractivity contribution in [3.05, 3.63) is 65.7 Å². The van der Waals surface area contributed by atoms with E-state index in [0.717, 1.165) is 23.9 Å². The maximum atomic E-state index is 14.2. The first-order valence-electron chi connectivity index (χ1n) is 14.2. The summed E-state index contributed by atoms with van der Waals surface area (Å²) >= 11 is 0. The van der Waals surface area contributed by atoms with E-state index < -0.39 is 11.9 Å². The molecule has 3 aromatic rings. The molecule has 0 atom stereocenters. The zero-order valence-corrected chi connectivity index (χ0v) is 24.0. The number of halogens is 2. The summed E-state index contributed by atoms with van der Waals surface area (Å²) in [6.07, 6.45) is 4.57. The third kappa shape index (κ3) is 8.67. The molecule has 0 aliphatic heterocycles. The summed E-state index contributed by atoms with van der Waals surface area (Å²) in [4.78, 5) is 11.3. The van der Waals surface area contributed by atoms with E-state index in [0.29, 0.717) is 5.75 Å². The van der Waals surface area contributed by atoms with Crippen LogP contribution >= 0.6 is 0 Å². The lowest BCUT2D eigenvalue weighted by Gasteiger charge is -2.16. The minimum Gasteiger partial charge on any atom is -0.494 e. The van der Waals surface area contributed by atoms with Crippen molar-refractivity contribution in [1.82, 2.24) is 4.57 Å². The molecule has 0 N–H and O–H groups in total. The number of aryl methyl sites for hydroxylation is 3. The summed E-state index contributed by atoms with van der Waals surface area (Å²) in [5, 5.41) is 1.13. The Hall–Kier alpha value is -3.15. The molecule has 0 fully saturated rings. The van der Waals surface area contributed by atoms with Gasteiger partial charge in [-0.3, -0.25) is 0 Å². The summed E-state index contributed by atoms with van der Waals surface area (Å²) < 4.78 is 41.5. The fourth-order valence-corrected chi connectivity index (χ4v) is 4.90. The number of fused-ring (bicyclic) bond motifs is 1. The topological polar surface area (TPSA) is 40.5 Å². The van der Waals surface area contributed by atoms with Crippen LogP contribution in [0.5, 0.6) is 5.75 Å². The average molecular weight is 540 g/mol. The minimum atomic E-state index is -2.82. The molecule has 0 unspecified atom stereocenters. The number of carbonyl (C=O) groups excluding carboxylic acids is 1. The smallest absolute Gasteiger partial charge is 0.333 e. The van der Waals surface area contributed by atoms with Gasteiger partial charge in [-0.1, -0.05) is 44.5 Å². The molecule has 0 radical (unpaired) electrons. The molecule has 0 aliphatic carbocycles. The van der Waals surface area contributed by atoms with Crippen LogP contribution in [-0.2, 0) is 22.5 Å². The Morgan fingerprint density at radius 2 is 1.72 bits per heavy atom. The van der Waals surface area contributed by atoms with Gasteiger partial charge in [0.25, 0.3) is 0 Å². The van der Waals surface area contributed by atoms with E-state index in [1.807, 2.05) is 18.2 Å². The van der Waals surface area contributed by atoms with Crippen molar-refractivity contribution in [3.63, 3.8) is 0 Å². The number of carbonyl (C=O) groups is 1. The quantitative estimate of drug-likeness (QED) is 0.104. The second-order valence-corrected chi connectivity index (χ2v) is 10.4. The minimum absolute atomic E-state index is 0.0283. The zero-order chi connectivity index (χ0) is 28.4. The summed E-state index contributed by atoms with van der Waals surface area (Å²) in [6, 6.07) is 15.0. The molecule has 1 heterocycles. The number of nitrogens with zero attached hydrogens (tertiary/aromatic N) is 1. The number of hydrogen-bond donors (Lipinski definition) is 0. The summed E-state index contributed by atoms with van der Waals surface area (Å²) in [6.45, 7) is 12.5. The highest BCUT2D eigenvalue weighted by Gasteiger charge is 2.27. The van der Waals surface area contributed by atoms with E-state index in [1.165, 1.54) is 48.6 Å². The van der Waals surface area contributed by atoms with Gasteiger partial charge in [-0.25, -0.2) is 13.6 Å². The van der Waals surface area contributed by atoms with Gasteiger partial charge in [-0.05, 0) is 75.8 Å². The molecule has 39 heavy (non-hydrogen) atoms. The van der Waals surface area contributed by atoms with Crippen LogP contribution in [-0.4, -0.2) is 29.7 Å². The third-order valence-corrected chi connectivity index (χ3v) is 7.05. The maximum absolute atomic E-state index is 14.2. The van der Waals surface area contributed by atoms with Crippen molar-refractivity contribution in [2.75, 3.05) is 13.2 Å². The van der Waals surface area contributed by atoms with Gasteiger partial charge in [-0.2, -0.15) is 0 Å². The van der Waals surface area contributed by atoms with Crippen molar-refractivity contribution < 1.29 is 23.0 Å². The predicted molar refractivity (Wildman–Crippen MR) is 156 cm³/mol. The molecule has 6 heteroatoms. The number of ether oxygens (including phenoxy) is 2. The molecule has 0 bridgehead atoms. The molecular formula is C33H43F2NO3. The van der Waals surface area contributed by atoms with Crippen LogP contribution in [0, 0.1) is 6.92 Å². The van der Waals surface area contributed by atoms with Gasteiger partial charge in [0.05, 0.1) is 18.7 Å². The first-order chi connectivity index (χ1) is 18.6. The fourth-order valence-electron chi connectivity index (χ4n) is 4.90. The van der Waals surface area contributed by atoms with Crippen molar-refractivity contribution in [3.8, 4) is 17.0 Å². The Kier molecular flexibility index (Phi) is 11.1. The first-order valence-corrected chi connectivity index (χ1v) is 14.2. The highest BCUT2D eigenvalue weighted by atomic mass is 19.3. The average Bonchev–Trinajstić information content (AvgIpc) is 3.26. The van der Waals surface area contributed by atoms with E-state index in [-0.39, 0.29) is 44.5 Å². The van der Waals surface area contributed by atoms with E-state index in [4.69, 9.17) is 9.47 Å². The summed E-state index contributed by atoms with van der Waals surface area (Å²) in [7, 11) is 0. The molecule has 3 rings (SSSR count). The lowest BCUT2D eigenvalue weighted by Crippen LogP contribution is -2.18. The van der Waals surface area contributed by atoms with Crippen molar-refractivity contribution in [1.29, 1.82) is 0 Å². The van der Waals surface area contributed by atoms with E-state index >= 15 is 0 Å². The van der Waals surface area contributed by atoms with Crippen LogP contribution < -0.4 is 4.74 Å². The number of unbranched alkanes of at least 4 members (excludes halogenated alkanes) is 2. The van der Waals surface area contributed by atoms with Crippen LogP contribution in [0.2, 0.25) is 0 Å². The van der Waals surface area contributed by atoms with E-state index in [1.54, 1.807) is 0 Å². The lowest BCUT2D eigenvalue weighted by atomic mass is 9.99. The molecule has 0 saturated carbocycles. The number of benzene rings is 2. The third-order valence-electron chi connectivity index (χ3n) is 7.05. The van der Waals surface area contributed by atoms with E-state index in [9.17, 15) is 13.6 Å². The Morgan fingerprint density at radius 1 is 0.974 bits per heavy atom. The molecule has 0 amide bonds. The van der Waals surface area contributed by atoms with Crippen molar-refractivity contribution in [2.45, 2.75) is 91.5 Å². The number of aromatic nitrogens is 1. The molecule has 0 aliphatic rings. The highest BCUT2D eigenvalue weighted by molar-refractivity contribution is 5.89. The molecule has 1 aromatic heterocycles. The number of esters is 1. The zero-order valence-electron chi connectivity index (χ0n) is 24.0. The number of rotatable bonds is 16. The van der Waals surface area contributed by atoms with Gasteiger partial charge in [-0.15, -0.1) is 0 Å². The van der Waals surface area contributed by atoms with E-state index in [2.05, 4.69) is 56.2 Å². The van der Waals surface area contributed by atoms with Crippen LogP contribution in [0.1, 0.15) is 76.8 Å². The molecule has 2 aromatic carbocycles. The maximum Gasteiger partial charge on any atom is 0.333 e. The molecule has 212 valence electrons. The van der Waals surface area contributed by atoms with Gasteiger partial charge in [0, 0.05) is 47.7 Å². The standard InChI is InChI=1S/C33H43F2NO3/c1-6-8-9-12-26-13-16-29(25(5)21-26)31-22-27-14-15-28(23-30(27)36(31)7-2)38-19-10-17-33(34,35)18-11-20-39-32(37)24(3)4/h13-16,21-23H,3,6-12,17-20H2,1-2,4-5H3. The van der Waals surface area contributed by atoms with Crippen LogP contribution in [0.25, 0.3) is 22.2 Å². The SMILES string of the molecule is C=C(C)C(=O)OCCCC(F)(F)CCCOc1ccc2cc(-c3ccc(CCCCC)cc3C)n(CC)c2c1. The van der Waals surface area contributed by atoms with Gasteiger partial charge in [0.15, 0.2) is 0 Å². The van der Waals surface area contributed by atoms with Gasteiger partial charge in [0.2, 0.25) is 5.92 Å². The predicted octanol–water partition coefficient (Wildman–Crippen LogP) is 9.06. The first kappa shape index (κ1) is 30.4. The number of alkyl halides is 2. The van der Waals surface area contributed by atoms with Crippen LogP contribution in [0.4, 0.5) is 8.78 Å². The fraction of sp³-hybridized carbons (Fsp3) is 0.485. The van der Waals surface area contributed by atoms with Crippen LogP contribution in [0.15, 0.2) is 54.6 Å². The second-order valence-electron chi connectivity index (χ2n) is 10.4. The summed E-state index contributed by atoms with van der Waals surface area (Å²) in [5.41, 5.74) is 6.40. The highest BCUT2D eigenvalue weighted by Crippen LogP contribution is 2.33. The number of hydrogen-bond acceptors (Lipinski definition) is 3. The largest absolute Gasteiger partial charge is 0.494 e. The van der Waals surface area contributed by atoms with Crippen molar-refractivity contribution in [2.24, 2.45) is 0 Å². The lowest BCUT2D eigenvalue weighted by molar-refractivity contribution is -0.139. The molecular weight excluding hydrogens is 496 g/mol. The monoisotopic (exact) mass is 539 g/mol. The molecule has 4 nitrogen and oxygen atoms in total. The Morgan fingerprint density at radius 3 is 2.38 bits per heavy atom. The molecule has 0 spiro atoms. The Bertz CT molecular complexity index is 1260. The Labute approximate surface area is 232 Å². The van der Waals surface area contributed by atoms with Gasteiger partial charge >= 0.3 is 5.97 Å². The van der Waals surface area contributed by atoms with Crippen LogP contribution in [0.3, 0.4) is 0 Å². The van der Waals surface area contributed by atoms with Gasteiger partial charge < -0.3 is 14.0 Å². The Balaban J connectivity index is 1.59. The second kappa shape index (κ2) is 14.3. The van der Waals surface area contributed by atoms with Crippen molar-refractivity contribution >= 4 is 16.9 Å². The van der Waals surface area contributed by atoms with Gasteiger partial charge in [0.1, 0.15) is 5.75 Å². The molecule has 0 saturated heterocycles. The summed E-state index contributed by atoms with van der Waals surface area (Å²) in [5.74, 6) is -2.69.